The van der Waals surface area contributed by atoms with Gasteiger partial charge in [-0.3, -0.25) is 4.79 Å². The van der Waals surface area contributed by atoms with Gasteiger partial charge < -0.3 is 4.90 Å². The first-order chi connectivity index (χ1) is 7.90. The number of aryl methyl sites for hydroxylation is 2. The molecule has 2 heteroatoms. The lowest BCUT2D eigenvalue weighted by Gasteiger charge is -2.43. The van der Waals surface area contributed by atoms with Gasteiger partial charge >= 0.3 is 0 Å². The van der Waals surface area contributed by atoms with E-state index in [-0.39, 0.29) is 5.54 Å². The highest BCUT2D eigenvalue weighted by molar-refractivity contribution is 5.82. The van der Waals surface area contributed by atoms with E-state index in [4.69, 9.17) is 0 Å². The van der Waals surface area contributed by atoms with Crippen LogP contribution in [0.15, 0.2) is 18.2 Å². The van der Waals surface area contributed by atoms with Crippen LogP contribution in [-0.4, -0.2) is 17.9 Å². The van der Waals surface area contributed by atoms with Gasteiger partial charge in [0.25, 0.3) is 0 Å². The van der Waals surface area contributed by atoms with Crippen molar-refractivity contribution >= 4 is 11.5 Å². The summed E-state index contributed by atoms with van der Waals surface area (Å²) < 4.78 is 0. The first-order valence-electron chi connectivity index (χ1n) is 6.27. The lowest BCUT2D eigenvalue weighted by Crippen LogP contribution is -2.50. The third kappa shape index (κ3) is 2.36. The van der Waals surface area contributed by atoms with Crippen molar-refractivity contribution in [2.75, 3.05) is 11.4 Å². The summed E-state index contributed by atoms with van der Waals surface area (Å²) >= 11 is 0. The van der Waals surface area contributed by atoms with Gasteiger partial charge in [-0.15, -0.1) is 0 Å². The summed E-state index contributed by atoms with van der Waals surface area (Å²) in [5.74, 6) is 0.384. The standard InChI is InChI=1S/C15H21NO/c1-11-5-6-13(9-12(11)2)16-8-7-14(17)10-15(16,3)4/h5-6,9H,7-8,10H2,1-4H3. The second-order valence-electron chi connectivity index (χ2n) is 5.70. The van der Waals surface area contributed by atoms with E-state index in [0.717, 1.165) is 6.54 Å². The largest absolute Gasteiger partial charge is 0.366 e. The van der Waals surface area contributed by atoms with Crippen LogP contribution in [0.1, 0.15) is 37.8 Å². The molecular weight excluding hydrogens is 210 g/mol. The Morgan fingerprint density at radius 2 is 1.88 bits per heavy atom. The van der Waals surface area contributed by atoms with E-state index in [1.54, 1.807) is 0 Å². The average molecular weight is 231 g/mol. The number of anilines is 1. The van der Waals surface area contributed by atoms with E-state index in [1.807, 2.05) is 0 Å². The van der Waals surface area contributed by atoms with Gasteiger partial charge in [-0.05, 0) is 51.0 Å². The number of rotatable bonds is 1. The zero-order valence-corrected chi connectivity index (χ0v) is 11.2. The highest BCUT2D eigenvalue weighted by Crippen LogP contribution is 2.31. The van der Waals surface area contributed by atoms with E-state index in [1.165, 1.54) is 16.8 Å². The summed E-state index contributed by atoms with van der Waals surface area (Å²) in [5, 5.41) is 0. The summed E-state index contributed by atoms with van der Waals surface area (Å²) in [4.78, 5) is 13.9. The normalized spacial score (nSPS) is 19.5. The summed E-state index contributed by atoms with van der Waals surface area (Å²) in [6.07, 6.45) is 1.33. The SMILES string of the molecule is Cc1ccc(N2CCC(=O)CC2(C)C)cc1C. The molecule has 0 amide bonds. The maximum atomic E-state index is 11.5. The molecule has 0 aliphatic carbocycles. The van der Waals surface area contributed by atoms with Crippen LogP contribution in [0.2, 0.25) is 0 Å². The Hall–Kier alpha value is -1.31. The highest BCUT2D eigenvalue weighted by atomic mass is 16.1. The van der Waals surface area contributed by atoms with Gasteiger partial charge in [-0.25, -0.2) is 0 Å². The molecule has 0 aromatic heterocycles. The number of benzene rings is 1. The molecule has 0 spiro atoms. The zero-order chi connectivity index (χ0) is 12.6. The van der Waals surface area contributed by atoms with E-state index >= 15 is 0 Å². The number of ketones is 1. The quantitative estimate of drug-likeness (QED) is 0.739. The fourth-order valence-corrected chi connectivity index (χ4v) is 2.58. The minimum atomic E-state index is -0.0585. The number of nitrogens with zero attached hydrogens (tertiary/aromatic N) is 1. The number of carbonyl (C=O) groups is 1. The molecule has 2 rings (SSSR count). The second kappa shape index (κ2) is 4.17. The van der Waals surface area contributed by atoms with Crippen molar-refractivity contribution in [1.29, 1.82) is 0 Å². The molecule has 0 N–H and O–H groups in total. The number of carbonyl (C=O) groups excluding carboxylic acids is 1. The molecule has 0 atom stereocenters. The Morgan fingerprint density at radius 3 is 2.47 bits per heavy atom. The van der Waals surface area contributed by atoms with Crippen LogP contribution in [0.3, 0.4) is 0 Å². The van der Waals surface area contributed by atoms with Gasteiger partial charge in [0.1, 0.15) is 5.78 Å². The van der Waals surface area contributed by atoms with Crippen molar-refractivity contribution < 1.29 is 4.79 Å². The number of piperidine rings is 1. The molecule has 1 aliphatic rings. The summed E-state index contributed by atoms with van der Waals surface area (Å²) in [7, 11) is 0. The highest BCUT2D eigenvalue weighted by Gasteiger charge is 2.33. The van der Waals surface area contributed by atoms with E-state index in [0.29, 0.717) is 18.6 Å². The van der Waals surface area contributed by atoms with Crippen LogP contribution in [0.5, 0.6) is 0 Å². The van der Waals surface area contributed by atoms with E-state index in [9.17, 15) is 4.79 Å². The maximum absolute atomic E-state index is 11.5. The van der Waals surface area contributed by atoms with Crippen molar-refractivity contribution in [3.63, 3.8) is 0 Å². The number of Topliss-reactive ketones (excluding diaryl/α,β-unsaturated/α-hetero) is 1. The van der Waals surface area contributed by atoms with Gasteiger partial charge in [-0.1, -0.05) is 6.07 Å². The minimum absolute atomic E-state index is 0.0585. The van der Waals surface area contributed by atoms with E-state index in [2.05, 4.69) is 50.8 Å². The second-order valence-corrected chi connectivity index (χ2v) is 5.70. The van der Waals surface area contributed by atoms with Crippen molar-refractivity contribution in [3.05, 3.63) is 29.3 Å². The Bertz CT molecular complexity index is 448. The van der Waals surface area contributed by atoms with Gasteiger partial charge in [0.05, 0.1) is 0 Å². The molecular formula is C15H21NO. The molecule has 1 aromatic rings. The molecule has 0 radical (unpaired) electrons. The molecule has 0 unspecified atom stereocenters. The first-order valence-corrected chi connectivity index (χ1v) is 6.27. The van der Waals surface area contributed by atoms with Gasteiger partial charge in [0, 0.05) is 30.6 Å². The topological polar surface area (TPSA) is 20.3 Å². The number of hydrogen-bond acceptors (Lipinski definition) is 2. The van der Waals surface area contributed by atoms with Crippen molar-refractivity contribution in [1.82, 2.24) is 0 Å². The smallest absolute Gasteiger partial charge is 0.136 e. The number of hydrogen-bond donors (Lipinski definition) is 0. The van der Waals surface area contributed by atoms with Crippen LogP contribution < -0.4 is 4.90 Å². The third-order valence-corrected chi connectivity index (χ3v) is 3.78. The van der Waals surface area contributed by atoms with Crippen LogP contribution in [0.25, 0.3) is 0 Å². The molecule has 0 saturated carbocycles. The molecule has 92 valence electrons. The lowest BCUT2D eigenvalue weighted by atomic mass is 9.88. The first kappa shape index (κ1) is 12.2. The Morgan fingerprint density at radius 1 is 1.18 bits per heavy atom. The molecule has 1 aromatic carbocycles. The van der Waals surface area contributed by atoms with Crippen LogP contribution in [0.4, 0.5) is 5.69 Å². The van der Waals surface area contributed by atoms with Crippen LogP contribution in [0, 0.1) is 13.8 Å². The molecule has 17 heavy (non-hydrogen) atoms. The lowest BCUT2D eigenvalue weighted by molar-refractivity contribution is -0.121. The van der Waals surface area contributed by atoms with Crippen LogP contribution in [-0.2, 0) is 4.79 Å². The molecule has 0 bridgehead atoms. The predicted octanol–water partition coefficient (Wildman–Crippen LogP) is 3.25. The molecule has 1 aliphatic heterocycles. The van der Waals surface area contributed by atoms with Gasteiger partial charge in [-0.2, -0.15) is 0 Å². The van der Waals surface area contributed by atoms with Gasteiger partial charge in [0.2, 0.25) is 0 Å². The summed E-state index contributed by atoms with van der Waals surface area (Å²) in [5.41, 5.74) is 3.82. The maximum Gasteiger partial charge on any atom is 0.136 e. The molecule has 1 fully saturated rings. The van der Waals surface area contributed by atoms with Crippen molar-refractivity contribution in [3.8, 4) is 0 Å². The molecule has 1 heterocycles. The Labute approximate surface area is 104 Å². The Balaban J connectivity index is 2.32. The van der Waals surface area contributed by atoms with E-state index < -0.39 is 0 Å². The molecule has 1 saturated heterocycles. The molecule has 2 nitrogen and oxygen atoms in total. The average Bonchev–Trinajstić information content (AvgIpc) is 2.21. The monoisotopic (exact) mass is 231 g/mol. The summed E-state index contributed by atoms with van der Waals surface area (Å²) in [6.45, 7) is 9.41. The summed E-state index contributed by atoms with van der Waals surface area (Å²) in [6, 6.07) is 6.56. The fourth-order valence-electron chi connectivity index (χ4n) is 2.58. The zero-order valence-electron chi connectivity index (χ0n) is 11.2. The minimum Gasteiger partial charge on any atom is -0.366 e. The predicted molar refractivity (Wildman–Crippen MR) is 71.6 cm³/mol. The fraction of sp³-hybridized carbons (Fsp3) is 0.533. The Kier molecular flexibility index (Phi) is 2.98. The third-order valence-electron chi connectivity index (χ3n) is 3.78. The van der Waals surface area contributed by atoms with Crippen molar-refractivity contribution in [2.45, 2.75) is 46.1 Å². The van der Waals surface area contributed by atoms with Gasteiger partial charge in [0.15, 0.2) is 0 Å². The van der Waals surface area contributed by atoms with Crippen molar-refractivity contribution in [2.24, 2.45) is 0 Å². The van der Waals surface area contributed by atoms with Crippen LogP contribution >= 0.6 is 0 Å².